The maximum atomic E-state index is 8.50. The van der Waals surface area contributed by atoms with Crippen LogP contribution in [0, 0.1) is 18.3 Å². The highest BCUT2D eigenvalue weighted by Crippen LogP contribution is 2.17. The second kappa shape index (κ2) is 7.40. The number of nitrogens with zero attached hydrogens (tertiary/aromatic N) is 3. The molecule has 0 radical (unpaired) electrons. The minimum absolute atomic E-state index is 0.662. The number of pyridine rings is 2. The zero-order valence-corrected chi connectivity index (χ0v) is 11.8. The number of aromatic nitrogens is 2. The highest BCUT2D eigenvalue weighted by atomic mass is 14.8. The molecule has 0 atom stereocenters. The Labute approximate surface area is 120 Å². The van der Waals surface area contributed by atoms with Gasteiger partial charge in [0, 0.05) is 18.8 Å². The summed E-state index contributed by atoms with van der Waals surface area (Å²) < 4.78 is 0. The summed E-state index contributed by atoms with van der Waals surface area (Å²) in [6.45, 7) is 2.06. The first-order valence-corrected chi connectivity index (χ1v) is 7.04. The molecule has 0 aliphatic heterocycles. The number of nitriles is 1. The summed E-state index contributed by atoms with van der Waals surface area (Å²) in [6, 6.07) is 10.4. The van der Waals surface area contributed by atoms with Gasteiger partial charge in [-0.05, 0) is 61.6 Å². The molecular formula is C17H19N3. The molecule has 0 spiro atoms. The van der Waals surface area contributed by atoms with Crippen molar-refractivity contribution in [3.63, 3.8) is 0 Å². The Morgan fingerprint density at radius 3 is 2.50 bits per heavy atom. The third kappa shape index (κ3) is 4.17. The summed E-state index contributed by atoms with van der Waals surface area (Å²) in [5.41, 5.74) is 4.34. The zero-order valence-electron chi connectivity index (χ0n) is 11.8. The largest absolute Gasteiger partial charge is 0.255 e. The van der Waals surface area contributed by atoms with E-state index in [9.17, 15) is 0 Å². The van der Waals surface area contributed by atoms with E-state index in [-0.39, 0.29) is 0 Å². The topological polar surface area (TPSA) is 49.6 Å². The van der Waals surface area contributed by atoms with Crippen molar-refractivity contribution in [2.75, 3.05) is 0 Å². The number of unbranched alkanes of at least 4 members (excludes halogenated alkanes) is 3. The molecule has 0 unspecified atom stereocenters. The maximum Gasteiger partial charge on any atom is 0.0888 e. The van der Waals surface area contributed by atoms with Gasteiger partial charge < -0.3 is 0 Å². The van der Waals surface area contributed by atoms with Crippen LogP contribution in [0.5, 0.6) is 0 Å². The summed E-state index contributed by atoms with van der Waals surface area (Å²) >= 11 is 0. The van der Waals surface area contributed by atoms with Crippen LogP contribution in [-0.4, -0.2) is 9.97 Å². The predicted octanol–water partition coefficient (Wildman–Crippen LogP) is 4.08. The Balaban J connectivity index is 1.99. The molecule has 0 fully saturated rings. The summed E-state index contributed by atoms with van der Waals surface area (Å²) in [6.07, 6.45) is 8.58. The van der Waals surface area contributed by atoms with Gasteiger partial charge in [-0.2, -0.15) is 5.26 Å². The highest BCUT2D eigenvalue weighted by Gasteiger charge is 2.02. The van der Waals surface area contributed by atoms with Crippen LogP contribution in [0.25, 0.3) is 11.4 Å². The summed E-state index contributed by atoms with van der Waals surface area (Å²) in [5.74, 6) is 0. The molecule has 0 N–H and O–H groups in total. The van der Waals surface area contributed by atoms with Gasteiger partial charge in [0.05, 0.1) is 17.5 Å². The Kier molecular flexibility index (Phi) is 5.25. The Hall–Kier alpha value is -2.21. The van der Waals surface area contributed by atoms with E-state index in [1.54, 1.807) is 0 Å². The van der Waals surface area contributed by atoms with Crippen LogP contribution >= 0.6 is 0 Å². The van der Waals surface area contributed by atoms with Gasteiger partial charge in [0.15, 0.2) is 0 Å². The average molecular weight is 265 g/mol. The fraction of sp³-hybridized carbons (Fsp3) is 0.353. The monoisotopic (exact) mass is 265 g/mol. The standard InChI is InChI=1S/C17H19N3/c1-14-7-10-19-16(12-14)17-13-15(8-11-20-17)6-4-2-3-5-9-18/h7-8,10-13H,2-6H2,1H3. The molecule has 2 rings (SSSR count). The molecule has 2 aromatic heterocycles. The van der Waals surface area contributed by atoms with Crippen LogP contribution in [0.15, 0.2) is 36.7 Å². The van der Waals surface area contributed by atoms with E-state index >= 15 is 0 Å². The van der Waals surface area contributed by atoms with Crippen LogP contribution in [0.2, 0.25) is 0 Å². The van der Waals surface area contributed by atoms with Gasteiger partial charge in [-0.1, -0.05) is 6.42 Å². The molecule has 0 aliphatic carbocycles. The molecular weight excluding hydrogens is 246 g/mol. The van der Waals surface area contributed by atoms with Crippen molar-refractivity contribution in [1.82, 2.24) is 9.97 Å². The molecule has 20 heavy (non-hydrogen) atoms. The van der Waals surface area contributed by atoms with E-state index in [2.05, 4.69) is 41.2 Å². The maximum absolute atomic E-state index is 8.50. The first kappa shape index (κ1) is 14.2. The molecule has 2 aromatic rings. The van der Waals surface area contributed by atoms with Crippen molar-refractivity contribution in [3.8, 4) is 17.5 Å². The lowest BCUT2D eigenvalue weighted by Gasteiger charge is -2.05. The van der Waals surface area contributed by atoms with E-state index in [0.29, 0.717) is 6.42 Å². The number of aryl methyl sites for hydroxylation is 2. The minimum Gasteiger partial charge on any atom is -0.255 e. The SMILES string of the molecule is Cc1ccnc(-c2cc(CCCCCC#N)ccn2)c1. The van der Waals surface area contributed by atoms with E-state index in [1.807, 2.05) is 18.5 Å². The molecule has 0 saturated heterocycles. The number of rotatable bonds is 6. The Morgan fingerprint density at radius 1 is 1.00 bits per heavy atom. The van der Waals surface area contributed by atoms with E-state index < -0.39 is 0 Å². The van der Waals surface area contributed by atoms with Gasteiger partial charge in [-0.25, -0.2) is 0 Å². The lowest BCUT2D eigenvalue weighted by molar-refractivity contribution is 0.690. The average Bonchev–Trinajstić information content (AvgIpc) is 2.47. The van der Waals surface area contributed by atoms with Crippen molar-refractivity contribution >= 4 is 0 Å². The van der Waals surface area contributed by atoms with Gasteiger partial charge in [0.2, 0.25) is 0 Å². The van der Waals surface area contributed by atoms with Gasteiger partial charge in [0.25, 0.3) is 0 Å². The van der Waals surface area contributed by atoms with Crippen molar-refractivity contribution < 1.29 is 0 Å². The lowest BCUT2D eigenvalue weighted by Crippen LogP contribution is -1.92. The molecule has 0 saturated carbocycles. The minimum atomic E-state index is 0.662. The third-order valence-corrected chi connectivity index (χ3v) is 3.26. The van der Waals surface area contributed by atoms with Gasteiger partial charge in [0.1, 0.15) is 0 Å². The molecule has 3 nitrogen and oxygen atoms in total. The Bertz CT molecular complexity index is 599. The normalized spacial score (nSPS) is 10.2. The molecule has 0 aromatic carbocycles. The van der Waals surface area contributed by atoms with E-state index in [0.717, 1.165) is 37.1 Å². The van der Waals surface area contributed by atoms with E-state index in [4.69, 9.17) is 5.26 Å². The molecule has 0 bridgehead atoms. The molecule has 0 aliphatic rings. The molecule has 0 amide bonds. The van der Waals surface area contributed by atoms with Crippen LogP contribution in [-0.2, 0) is 6.42 Å². The molecule has 102 valence electrons. The predicted molar refractivity (Wildman–Crippen MR) is 80.0 cm³/mol. The number of hydrogen-bond acceptors (Lipinski definition) is 3. The third-order valence-electron chi connectivity index (χ3n) is 3.26. The van der Waals surface area contributed by atoms with Crippen molar-refractivity contribution in [2.45, 2.75) is 39.0 Å². The first-order valence-electron chi connectivity index (χ1n) is 7.04. The zero-order chi connectivity index (χ0) is 14.2. The summed E-state index contributed by atoms with van der Waals surface area (Å²) in [7, 11) is 0. The smallest absolute Gasteiger partial charge is 0.0888 e. The molecule has 3 heteroatoms. The van der Waals surface area contributed by atoms with Crippen LogP contribution in [0.3, 0.4) is 0 Å². The highest BCUT2D eigenvalue weighted by molar-refractivity contribution is 5.55. The van der Waals surface area contributed by atoms with Crippen molar-refractivity contribution in [2.24, 2.45) is 0 Å². The van der Waals surface area contributed by atoms with Crippen molar-refractivity contribution in [3.05, 3.63) is 47.8 Å². The molecule has 2 heterocycles. The van der Waals surface area contributed by atoms with Crippen molar-refractivity contribution in [1.29, 1.82) is 5.26 Å². The van der Waals surface area contributed by atoms with Gasteiger partial charge >= 0.3 is 0 Å². The van der Waals surface area contributed by atoms with E-state index in [1.165, 1.54) is 11.1 Å². The van der Waals surface area contributed by atoms with Crippen LogP contribution in [0.1, 0.15) is 36.8 Å². The fourth-order valence-corrected chi connectivity index (χ4v) is 2.16. The van der Waals surface area contributed by atoms with Gasteiger partial charge in [-0.15, -0.1) is 0 Å². The van der Waals surface area contributed by atoms with Crippen LogP contribution in [0.4, 0.5) is 0 Å². The lowest BCUT2D eigenvalue weighted by atomic mass is 10.1. The fourth-order valence-electron chi connectivity index (χ4n) is 2.16. The quantitative estimate of drug-likeness (QED) is 0.739. The summed E-state index contributed by atoms with van der Waals surface area (Å²) in [4.78, 5) is 8.78. The number of hydrogen-bond donors (Lipinski definition) is 0. The Morgan fingerprint density at radius 2 is 1.75 bits per heavy atom. The second-order valence-electron chi connectivity index (χ2n) is 4.99. The van der Waals surface area contributed by atoms with Gasteiger partial charge in [-0.3, -0.25) is 9.97 Å². The van der Waals surface area contributed by atoms with Crippen LogP contribution < -0.4 is 0 Å². The first-order chi connectivity index (χ1) is 9.79. The second-order valence-corrected chi connectivity index (χ2v) is 4.99. The summed E-state index contributed by atoms with van der Waals surface area (Å²) in [5, 5.41) is 8.50.